The Morgan fingerprint density at radius 2 is 1.93 bits per heavy atom. The van der Waals surface area contributed by atoms with Gasteiger partial charge in [-0.25, -0.2) is 0 Å². The Labute approximate surface area is 80.8 Å². The first-order chi connectivity index (χ1) is 6.49. The van der Waals surface area contributed by atoms with E-state index in [1.807, 2.05) is 0 Å². The van der Waals surface area contributed by atoms with Gasteiger partial charge in [-0.1, -0.05) is 18.2 Å². The van der Waals surface area contributed by atoms with E-state index in [0.29, 0.717) is 0 Å². The van der Waals surface area contributed by atoms with Gasteiger partial charge in [0.2, 0.25) is 0 Å². The van der Waals surface area contributed by atoms with Crippen molar-refractivity contribution in [2.75, 3.05) is 0 Å². The first-order valence-corrected chi connectivity index (χ1v) is 4.10. The van der Waals surface area contributed by atoms with E-state index in [1.54, 1.807) is 18.2 Å². The maximum atomic E-state index is 10.7. The Bertz CT molecular complexity index is 325. The van der Waals surface area contributed by atoms with Crippen LogP contribution in [0.25, 0.3) is 0 Å². The molecule has 1 rings (SSSR count). The first-order valence-electron chi connectivity index (χ1n) is 4.10. The summed E-state index contributed by atoms with van der Waals surface area (Å²) in [7, 11) is 0. The summed E-state index contributed by atoms with van der Waals surface area (Å²) >= 11 is 0. The number of rotatable bonds is 3. The second-order valence-electron chi connectivity index (χ2n) is 3.03. The Balaban J connectivity index is 3.20. The summed E-state index contributed by atoms with van der Waals surface area (Å²) in [5, 5.41) is 29.6. The van der Waals surface area contributed by atoms with Crippen molar-refractivity contribution in [1.82, 2.24) is 0 Å². The highest BCUT2D eigenvalue weighted by Crippen LogP contribution is 2.25. The maximum absolute atomic E-state index is 10.7. The van der Waals surface area contributed by atoms with E-state index in [0.717, 1.165) is 0 Å². The lowest BCUT2D eigenvalue weighted by Gasteiger charge is -2.21. The topological polar surface area (TPSA) is 83.6 Å². The Morgan fingerprint density at radius 1 is 1.43 bits per heavy atom. The molecule has 0 saturated carbocycles. The fourth-order valence-electron chi connectivity index (χ4n) is 1.18. The number of hydrogen-bond donors (Lipinski definition) is 2. The largest absolute Gasteiger partial charge is 0.383 e. The van der Waals surface area contributed by atoms with Crippen LogP contribution in [0.2, 0.25) is 0 Å². The number of hydrogen-bond acceptors (Lipinski definition) is 4. The summed E-state index contributed by atoms with van der Waals surface area (Å²) in [6.45, 7) is 1.18. The van der Waals surface area contributed by atoms with Crippen molar-refractivity contribution >= 4 is 0 Å². The fraction of sp³-hybridized carbons (Fsp3) is 0.333. The lowest BCUT2D eigenvalue weighted by Crippen LogP contribution is -2.44. The van der Waals surface area contributed by atoms with Crippen molar-refractivity contribution in [2.24, 2.45) is 0 Å². The van der Waals surface area contributed by atoms with Gasteiger partial charge in [0.15, 0.2) is 6.10 Å². The lowest BCUT2D eigenvalue weighted by atomic mass is 9.99. The molecule has 14 heavy (non-hydrogen) atoms. The van der Waals surface area contributed by atoms with Gasteiger partial charge in [-0.3, -0.25) is 10.1 Å². The highest BCUT2D eigenvalue weighted by molar-refractivity contribution is 5.20. The monoisotopic (exact) mass is 197 g/mol. The van der Waals surface area contributed by atoms with Crippen molar-refractivity contribution in [3.63, 3.8) is 0 Å². The average Bonchev–Trinajstić information content (AvgIpc) is 2.17. The third kappa shape index (κ3) is 1.59. The van der Waals surface area contributed by atoms with Crippen LogP contribution >= 0.6 is 0 Å². The first kappa shape index (κ1) is 10.6. The smallest absolute Gasteiger partial charge is 0.374 e. The maximum Gasteiger partial charge on any atom is 0.374 e. The van der Waals surface area contributed by atoms with Gasteiger partial charge in [0, 0.05) is 0 Å². The predicted octanol–water partition coefficient (Wildman–Crippen LogP) is 0.489. The minimum atomic E-state index is -2.43. The van der Waals surface area contributed by atoms with Gasteiger partial charge in [0.1, 0.15) is 0 Å². The van der Waals surface area contributed by atoms with E-state index in [1.165, 1.54) is 19.1 Å². The van der Waals surface area contributed by atoms with Crippen molar-refractivity contribution in [1.29, 1.82) is 0 Å². The zero-order chi connectivity index (χ0) is 10.8. The van der Waals surface area contributed by atoms with Crippen LogP contribution in [0.15, 0.2) is 30.3 Å². The van der Waals surface area contributed by atoms with Gasteiger partial charge in [-0.2, -0.15) is 0 Å². The number of aliphatic hydroxyl groups excluding tert-OH is 1. The summed E-state index contributed by atoms with van der Waals surface area (Å²) < 4.78 is 0. The summed E-state index contributed by atoms with van der Waals surface area (Å²) in [5.74, 6) is 0. The molecule has 0 saturated heterocycles. The van der Waals surface area contributed by atoms with Gasteiger partial charge in [0.05, 0.1) is 10.5 Å². The normalized spacial score (nSPS) is 17.1. The third-order valence-corrected chi connectivity index (χ3v) is 2.06. The standard InChI is InChI=1S/C9H11NO4/c1-7(11)9(12,10(13)14)8-5-3-2-4-6-8/h2-7,11-12H,1H3. The highest BCUT2D eigenvalue weighted by atomic mass is 16.7. The Kier molecular flexibility index (Phi) is 2.83. The van der Waals surface area contributed by atoms with E-state index in [9.17, 15) is 20.3 Å². The summed E-state index contributed by atoms with van der Waals surface area (Å²) in [6, 6.07) is 7.59. The number of nitrogens with zero attached hydrogens (tertiary/aromatic N) is 1. The van der Waals surface area contributed by atoms with Crippen LogP contribution in [0.1, 0.15) is 12.5 Å². The molecule has 0 aliphatic heterocycles. The van der Waals surface area contributed by atoms with Gasteiger partial charge in [-0.15, -0.1) is 0 Å². The van der Waals surface area contributed by atoms with E-state index < -0.39 is 16.8 Å². The molecule has 0 bridgehead atoms. The molecule has 0 fully saturated rings. The predicted molar refractivity (Wildman–Crippen MR) is 49.0 cm³/mol. The molecule has 2 N–H and O–H groups in total. The Morgan fingerprint density at radius 3 is 2.29 bits per heavy atom. The lowest BCUT2D eigenvalue weighted by molar-refractivity contribution is -0.648. The molecule has 0 heterocycles. The summed E-state index contributed by atoms with van der Waals surface area (Å²) in [4.78, 5) is 9.76. The van der Waals surface area contributed by atoms with Crippen LogP contribution in [0.4, 0.5) is 0 Å². The van der Waals surface area contributed by atoms with Crippen molar-refractivity contribution in [3.8, 4) is 0 Å². The summed E-state index contributed by atoms with van der Waals surface area (Å²) in [5.41, 5.74) is -2.36. The van der Waals surface area contributed by atoms with Crippen molar-refractivity contribution in [3.05, 3.63) is 46.0 Å². The van der Waals surface area contributed by atoms with E-state index in [4.69, 9.17) is 0 Å². The number of benzene rings is 1. The van der Waals surface area contributed by atoms with Gasteiger partial charge >= 0.3 is 5.72 Å². The minimum absolute atomic E-state index is 0.0694. The molecule has 1 aromatic rings. The molecule has 1 aromatic carbocycles. The molecule has 2 unspecified atom stereocenters. The molecule has 0 spiro atoms. The van der Waals surface area contributed by atoms with Gasteiger partial charge in [-0.05, 0) is 19.1 Å². The second-order valence-corrected chi connectivity index (χ2v) is 3.03. The molecule has 0 radical (unpaired) electrons. The van der Waals surface area contributed by atoms with Gasteiger partial charge < -0.3 is 10.2 Å². The molecule has 0 aromatic heterocycles. The molecule has 0 aliphatic carbocycles. The van der Waals surface area contributed by atoms with Crippen molar-refractivity contribution in [2.45, 2.75) is 18.8 Å². The molecule has 2 atom stereocenters. The molecular weight excluding hydrogens is 186 g/mol. The van der Waals surface area contributed by atoms with Crippen LogP contribution in [-0.2, 0) is 5.72 Å². The highest BCUT2D eigenvalue weighted by Gasteiger charge is 2.47. The average molecular weight is 197 g/mol. The molecule has 0 amide bonds. The molecule has 76 valence electrons. The zero-order valence-corrected chi connectivity index (χ0v) is 7.62. The van der Waals surface area contributed by atoms with Gasteiger partial charge in [0.25, 0.3) is 0 Å². The molecular formula is C9H11NO4. The van der Waals surface area contributed by atoms with Crippen LogP contribution in [0, 0.1) is 10.1 Å². The van der Waals surface area contributed by atoms with Crippen LogP contribution in [-0.4, -0.2) is 21.2 Å². The van der Waals surface area contributed by atoms with Crippen molar-refractivity contribution < 1.29 is 15.1 Å². The number of nitro groups is 1. The molecule has 5 heteroatoms. The summed E-state index contributed by atoms with van der Waals surface area (Å²) in [6.07, 6.45) is -1.47. The SMILES string of the molecule is CC(O)C(O)(c1ccccc1)[N+](=O)[O-]. The quantitative estimate of drug-likeness (QED) is 0.419. The minimum Gasteiger partial charge on any atom is -0.383 e. The van der Waals surface area contributed by atoms with Crippen LogP contribution < -0.4 is 0 Å². The van der Waals surface area contributed by atoms with Crippen LogP contribution in [0.5, 0.6) is 0 Å². The van der Waals surface area contributed by atoms with E-state index in [2.05, 4.69) is 0 Å². The zero-order valence-electron chi connectivity index (χ0n) is 7.62. The Hall–Kier alpha value is -1.46. The third-order valence-electron chi connectivity index (χ3n) is 2.06. The van der Waals surface area contributed by atoms with E-state index >= 15 is 0 Å². The molecule has 0 aliphatic rings. The van der Waals surface area contributed by atoms with Crippen LogP contribution in [0.3, 0.4) is 0 Å². The molecule has 5 nitrogen and oxygen atoms in total. The van der Waals surface area contributed by atoms with E-state index in [-0.39, 0.29) is 5.56 Å². The second kappa shape index (κ2) is 3.73. The number of aliphatic hydroxyl groups is 2. The fourth-order valence-corrected chi connectivity index (χ4v) is 1.18.